The zero-order chi connectivity index (χ0) is 10.1. The summed E-state index contributed by atoms with van der Waals surface area (Å²) in [6.07, 6.45) is 3.14. The van der Waals surface area contributed by atoms with Crippen molar-refractivity contribution in [2.75, 3.05) is 7.11 Å². The number of methoxy groups -OCH3 is 1. The summed E-state index contributed by atoms with van der Waals surface area (Å²) in [5, 5.41) is 4.55. The Bertz CT molecular complexity index is 493. The Kier molecular flexibility index (Phi) is 2.13. The predicted molar refractivity (Wildman–Crippen MR) is 51.5 cm³/mol. The van der Waals surface area contributed by atoms with E-state index >= 15 is 0 Å². The van der Waals surface area contributed by atoms with Crippen LogP contribution >= 0.6 is 11.6 Å². The molecule has 5 heteroatoms. The minimum atomic E-state index is -0.397. The van der Waals surface area contributed by atoms with Crippen molar-refractivity contribution >= 4 is 23.1 Å². The molecular formula is C9H7ClN2O2. The Hall–Kier alpha value is -1.55. The molecule has 0 fully saturated rings. The molecule has 72 valence electrons. The van der Waals surface area contributed by atoms with Gasteiger partial charge in [0.1, 0.15) is 0 Å². The second kappa shape index (κ2) is 3.31. The van der Waals surface area contributed by atoms with Gasteiger partial charge in [0.2, 0.25) is 0 Å². The molecule has 0 spiro atoms. The normalized spacial score (nSPS) is 10.4. The van der Waals surface area contributed by atoms with Gasteiger partial charge in [-0.15, -0.1) is 0 Å². The molecule has 14 heavy (non-hydrogen) atoms. The lowest BCUT2D eigenvalue weighted by molar-refractivity contribution is 0.0601. The second-order valence-corrected chi connectivity index (χ2v) is 3.14. The molecule has 4 nitrogen and oxygen atoms in total. The number of halogens is 1. The monoisotopic (exact) mass is 210 g/mol. The molecule has 0 aromatic carbocycles. The van der Waals surface area contributed by atoms with E-state index in [1.165, 1.54) is 11.6 Å². The standard InChI is InChI=1S/C9H7ClN2O2/c1-14-9(13)6-4-8-7(10)2-3-11-12(8)5-6/h2-5H,1H3. The molecule has 0 atom stereocenters. The average Bonchev–Trinajstić information content (AvgIpc) is 2.62. The van der Waals surface area contributed by atoms with E-state index in [2.05, 4.69) is 9.84 Å². The smallest absolute Gasteiger partial charge is 0.339 e. The van der Waals surface area contributed by atoms with Crippen molar-refractivity contribution in [1.82, 2.24) is 9.61 Å². The maximum atomic E-state index is 11.2. The summed E-state index contributed by atoms with van der Waals surface area (Å²) in [7, 11) is 1.33. The molecule has 0 saturated heterocycles. The van der Waals surface area contributed by atoms with Crippen molar-refractivity contribution in [2.45, 2.75) is 0 Å². The van der Waals surface area contributed by atoms with E-state index < -0.39 is 5.97 Å². The van der Waals surface area contributed by atoms with Crippen molar-refractivity contribution in [3.63, 3.8) is 0 Å². The average molecular weight is 211 g/mol. The van der Waals surface area contributed by atoms with Crippen molar-refractivity contribution in [3.05, 3.63) is 35.1 Å². The number of esters is 1. The zero-order valence-electron chi connectivity index (χ0n) is 7.40. The molecule has 0 bridgehead atoms. The van der Waals surface area contributed by atoms with Crippen LogP contribution in [0.15, 0.2) is 24.5 Å². The van der Waals surface area contributed by atoms with Gasteiger partial charge >= 0.3 is 5.97 Å². The van der Waals surface area contributed by atoms with Crippen LogP contribution in [0.5, 0.6) is 0 Å². The lowest BCUT2D eigenvalue weighted by atomic mass is 10.3. The largest absolute Gasteiger partial charge is 0.465 e. The molecule has 2 heterocycles. The zero-order valence-corrected chi connectivity index (χ0v) is 8.15. The van der Waals surface area contributed by atoms with Crippen LogP contribution in [0.25, 0.3) is 5.52 Å². The van der Waals surface area contributed by atoms with Gasteiger partial charge < -0.3 is 4.74 Å². The number of ether oxygens (including phenoxy) is 1. The number of hydrogen-bond acceptors (Lipinski definition) is 3. The molecule has 0 aliphatic heterocycles. The molecule has 0 radical (unpaired) electrons. The Morgan fingerprint density at radius 1 is 1.64 bits per heavy atom. The fourth-order valence-electron chi connectivity index (χ4n) is 1.21. The van der Waals surface area contributed by atoms with E-state index in [9.17, 15) is 4.79 Å². The van der Waals surface area contributed by atoms with E-state index in [1.54, 1.807) is 24.5 Å². The van der Waals surface area contributed by atoms with Crippen LogP contribution in [-0.4, -0.2) is 22.7 Å². The highest BCUT2D eigenvalue weighted by atomic mass is 35.5. The van der Waals surface area contributed by atoms with Crippen molar-refractivity contribution in [1.29, 1.82) is 0 Å². The summed E-state index contributed by atoms with van der Waals surface area (Å²) in [6.45, 7) is 0. The van der Waals surface area contributed by atoms with E-state index in [0.29, 0.717) is 16.1 Å². The third-order valence-electron chi connectivity index (χ3n) is 1.88. The van der Waals surface area contributed by atoms with Gasteiger partial charge in [-0.1, -0.05) is 11.6 Å². The van der Waals surface area contributed by atoms with Crippen LogP contribution in [0.1, 0.15) is 10.4 Å². The first-order chi connectivity index (χ1) is 6.72. The number of fused-ring (bicyclic) bond motifs is 1. The van der Waals surface area contributed by atoms with Crippen LogP contribution in [0.4, 0.5) is 0 Å². The molecular weight excluding hydrogens is 204 g/mol. The van der Waals surface area contributed by atoms with Crippen molar-refractivity contribution in [3.8, 4) is 0 Å². The van der Waals surface area contributed by atoms with Gasteiger partial charge in [-0.3, -0.25) is 0 Å². The SMILES string of the molecule is COC(=O)c1cc2c(Cl)ccnn2c1. The molecule has 0 N–H and O–H groups in total. The Labute approximate surface area is 85.0 Å². The van der Waals surface area contributed by atoms with Gasteiger partial charge in [-0.2, -0.15) is 5.10 Å². The maximum absolute atomic E-state index is 11.2. The molecule has 0 aliphatic rings. The van der Waals surface area contributed by atoms with Crippen LogP contribution in [0, 0.1) is 0 Å². The van der Waals surface area contributed by atoms with Crippen LogP contribution in [0.2, 0.25) is 5.02 Å². The molecule has 2 aromatic heterocycles. The van der Waals surface area contributed by atoms with Crippen LogP contribution < -0.4 is 0 Å². The van der Waals surface area contributed by atoms with Crippen molar-refractivity contribution < 1.29 is 9.53 Å². The van der Waals surface area contributed by atoms with Gasteiger partial charge in [0.25, 0.3) is 0 Å². The molecule has 2 rings (SSSR count). The molecule has 2 aromatic rings. The van der Waals surface area contributed by atoms with Gasteiger partial charge in [-0.25, -0.2) is 9.31 Å². The third kappa shape index (κ3) is 1.33. The third-order valence-corrected chi connectivity index (χ3v) is 2.20. The van der Waals surface area contributed by atoms with Gasteiger partial charge in [0.15, 0.2) is 0 Å². The Morgan fingerprint density at radius 2 is 2.43 bits per heavy atom. The first-order valence-electron chi connectivity index (χ1n) is 3.93. The number of nitrogens with zero attached hydrogens (tertiary/aromatic N) is 2. The summed E-state index contributed by atoms with van der Waals surface area (Å²) in [5.74, 6) is -0.397. The Balaban J connectivity index is 2.62. The first kappa shape index (κ1) is 9.02. The quantitative estimate of drug-likeness (QED) is 0.674. The Morgan fingerprint density at radius 3 is 3.07 bits per heavy atom. The van der Waals surface area contributed by atoms with Gasteiger partial charge in [0, 0.05) is 12.4 Å². The number of rotatable bonds is 1. The summed E-state index contributed by atoms with van der Waals surface area (Å²) in [5.41, 5.74) is 1.13. The minimum Gasteiger partial charge on any atom is -0.465 e. The lowest BCUT2D eigenvalue weighted by Crippen LogP contribution is -1.98. The summed E-state index contributed by atoms with van der Waals surface area (Å²) in [6, 6.07) is 3.30. The number of aromatic nitrogens is 2. The minimum absolute atomic E-state index is 0.397. The number of hydrogen-bond donors (Lipinski definition) is 0. The molecule has 0 saturated carbocycles. The van der Waals surface area contributed by atoms with Crippen LogP contribution in [-0.2, 0) is 4.74 Å². The molecule has 0 aliphatic carbocycles. The summed E-state index contributed by atoms with van der Waals surface area (Å²) >= 11 is 5.91. The summed E-state index contributed by atoms with van der Waals surface area (Å²) in [4.78, 5) is 11.2. The molecule has 0 unspecified atom stereocenters. The van der Waals surface area contributed by atoms with Crippen molar-refractivity contribution in [2.24, 2.45) is 0 Å². The van der Waals surface area contributed by atoms with E-state index in [1.807, 2.05) is 0 Å². The fourth-order valence-corrected chi connectivity index (χ4v) is 1.41. The fraction of sp³-hybridized carbons (Fsp3) is 0.111. The number of carbonyl (C=O) groups excluding carboxylic acids is 1. The van der Waals surface area contributed by atoms with E-state index in [0.717, 1.165) is 0 Å². The molecule has 0 amide bonds. The van der Waals surface area contributed by atoms with Crippen LogP contribution in [0.3, 0.4) is 0 Å². The topological polar surface area (TPSA) is 43.6 Å². The van der Waals surface area contributed by atoms with E-state index in [-0.39, 0.29) is 0 Å². The highest BCUT2D eigenvalue weighted by molar-refractivity contribution is 6.33. The first-order valence-corrected chi connectivity index (χ1v) is 4.31. The maximum Gasteiger partial charge on any atom is 0.339 e. The van der Waals surface area contributed by atoms with Gasteiger partial charge in [-0.05, 0) is 12.1 Å². The highest BCUT2D eigenvalue weighted by Crippen LogP contribution is 2.18. The second-order valence-electron chi connectivity index (χ2n) is 2.73. The number of carbonyl (C=O) groups is 1. The van der Waals surface area contributed by atoms with E-state index in [4.69, 9.17) is 11.6 Å². The van der Waals surface area contributed by atoms with Gasteiger partial charge in [0.05, 0.1) is 23.2 Å². The predicted octanol–water partition coefficient (Wildman–Crippen LogP) is 1.77. The summed E-state index contributed by atoms with van der Waals surface area (Å²) < 4.78 is 6.12. The highest BCUT2D eigenvalue weighted by Gasteiger charge is 2.10. The lowest BCUT2D eigenvalue weighted by Gasteiger charge is -1.92.